The number of carbonyl (C=O) groups excluding carboxylic acids is 2. The third kappa shape index (κ3) is 3.00. The first kappa shape index (κ1) is 12.4. The van der Waals surface area contributed by atoms with Gasteiger partial charge in [-0.2, -0.15) is 0 Å². The van der Waals surface area contributed by atoms with Gasteiger partial charge in [0.25, 0.3) is 0 Å². The first-order chi connectivity index (χ1) is 8.66. The Morgan fingerprint density at radius 2 is 2.17 bits per heavy atom. The van der Waals surface area contributed by atoms with Crippen molar-refractivity contribution >= 4 is 17.7 Å². The van der Waals surface area contributed by atoms with E-state index < -0.39 is 6.09 Å². The van der Waals surface area contributed by atoms with E-state index in [4.69, 9.17) is 4.74 Å². The van der Waals surface area contributed by atoms with Crippen LogP contribution in [0.25, 0.3) is 0 Å². The third-order valence-electron chi connectivity index (χ3n) is 2.73. The zero-order valence-corrected chi connectivity index (χ0v) is 10.3. The van der Waals surface area contributed by atoms with Crippen LogP contribution in [0.2, 0.25) is 0 Å². The molecule has 0 saturated carbocycles. The molecule has 1 fully saturated rings. The molecule has 1 aromatic carbocycles. The number of benzene rings is 1. The second-order valence-electron chi connectivity index (χ2n) is 4.28. The average Bonchev–Trinajstić information content (AvgIpc) is 2.76. The smallest absolute Gasteiger partial charge is 0.416 e. The second-order valence-corrected chi connectivity index (χ2v) is 4.28. The van der Waals surface area contributed by atoms with E-state index in [1.54, 1.807) is 0 Å². The summed E-state index contributed by atoms with van der Waals surface area (Å²) in [6.45, 7) is 2.56. The average molecular weight is 248 g/mol. The number of imide groups is 1. The number of hydrogen-bond acceptors (Lipinski definition) is 4. The van der Waals surface area contributed by atoms with Gasteiger partial charge in [0.1, 0.15) is 6.61 Å². The minimum Gasteiger partial charge on any atom is -0.447 e. The monoisotopic (exact) mass is 248 g/mol. The second kappa shape index (κ2) is 5.53. The van der Waals surface area contributed by atoms with Gasteiger partial charge >= 0.3 is 6.09 Å². The first-order valence-corrected chi connectivity index (χ1v) is 5.95. The van der Waals surface area contributed by atoms with Gasteiger partial charge in [-0.15, -0.1) is 0 Å². The molecule has 5 nitrogen and oxygen atoms in total. The summed E-state index contributed by atoms with van der Waals surface area (Å²) in [5.74, 6) is -0.201. The van der Waals surface area contributed by atoms with Gasteiger partial charge in [-0.1, -0.05) is 18.2 Å². The summed E-state index contributed by atoms with van der Waals surface area (Å²) in [5.41, 5.74) is 0.960. The Balaban J connectivity index is 1.86. The fourth-order valence-corrected chi connectivity index (χ4v) is 1.86. The Kier molecular flexibility index (Phi) is 3.82. The lowest BCUT2D eigenvalue weighted by atomic mass is 10.2. The predicted molar refractivity (Wildman–Crippen MR) is 67.2 cm³/mol. The minimum absolute atomic E-state index is 0.0340. The molecule has 18 heavy (non-hydrogen) atoms. The zero-order valence-electron chi connectivity index (χ0n) is 10.3. The lowest BCUT2D eigenvalue weighted by Crippen LogP contribution is -2.35. The van der Waals surface area contributed by atoms with Gasteiger partial charge in [0.15, 0.2) is 0 Å². The molecule has 0 aliphatic carbocycles. The van der Waals surface area contributed by atoms with Crippen molar-refractivity contribution in [1.82, 2.24) is 4.90 Å². The van der Waals surface area contributed by atoms with Crippen molar-refractivity contribution in [2.24, 2.45) is 0 Å². The van der Waals surface area contributed by atoms with Crippen LogP contribution in [0.3, 0.4) is 0 Å². The van der Waals surface area contributed by atoms with Crippen molar-refractivity contribution in [2.75, 3.05) is 18.5 Å². The van der Waals surface area contributed by atoms with Crippen LogP contribution in [0, 0.1) is 0 Å². The van der Waals surface area contributed by atoms with Crippen LogP contribution in [-0.4, -0.2) is 36.1 Å². The molecule has 0 spiro atoms. The van der Waals surface area contributed by atoms with E-state index in [0.29, 0.717) is 13.2 Å². The first-order valence-electron chi connectivity index (χ1n) is 5.95. The van der Waals surface area contributed by atoms with Crippen LogP contribution in [0.5, 0.6) is 0 Å². The van der Waals surface area contributed by atoms with Gasteiger partial charge in [-0.3, -0.25) is 4.79 Å². The van der Waals surface area contributed by atoms with Crippen LogP contribution < -0.4 is 5.32 Å². The van der Waals surface area contributed by atoms with Crippen LogP contribution in [0.1, 0.15) is 13.3 Å². The quantitative estimate of drug-likeness (QED) is 0.883. The van der Waals surface area contributed by atoms with Gasteiger partial charge < -0.3 is 10.1 Å². The van der Waals surface area contributed by atoms with Gasteiger partial charge in [0.2, 0.25) is 5.91 Å². The lowest BCUT2D eigenvalue weighted by Gasteiger charge is -2.17. The highest BCUT2D eigenvalue weighted by molar-refractivity contribution is 5.93. The Hall–Kier alpha value is -2.04. The Morgan fingerprint density at radius 3 is 2.78 bits per heavy atom. The number of nitrogens with zero attached hydrogens (tertiary/aromatic N) is 1. The van der Waals surface area contributed by atoms with Crippen molar-refractivity contribution in [3.05, 3.63) is 30.3 Å². The summed E-state index contributed by atoms with van der Waals surface area (Å²) < 4.78 is 4.73. The fraction of sp³-hybridized carbons (Fsp3) is 0.385. The van der Waals surface area contributed by atoms with E-state index >= 15 is 0 Å². The molecule has 96 valence electrons. The van der Waals surface area contributed by atoms with Crippen molar-refractivity contribution in [3.63, 3.8) is 0 Å². The van der Waals surface area contributed by atoms with Crippen molar-refractivity contribution in [1.29, 1.82) is 0 Å². The van der Waals surface area contributed by atoms with Crippen molar-refractivity contribution in [2.45, 2.75) is 19.4 Å². The van der Waals surface area contributed by atoms with E-state index in [1.807, 2.05) is 37.3 Å². The largest absolute Gasteiger partial charge is 0.447 e. The molecule has 0 bridgehead atoms. The molecule has 1 heterocycles. The Labute approximate surface area is 106 Å². The van der Waals surface area contributed by atoms with E-state index in [1.165, 1.54) is 0 Å². The summed E-state index contributed by atoms with van der Waals surface area (Å²) >= 11 is 0. The summed E-state index contributed by atoms with van der Waals surface area (Å²) in [5, 5.41) is 3.21. The highest BCUT2D eigenvalue weighted by Crippen LogP contribution is 2.11. The maximum Gasteiger partial charge on any atom is 0.416 e. The molecular weight excluding hydrogens is 232 g/mol. The summed E-state index contributed by atoms with van der Waals surface area (Å²) in [7, 11) is 0. The number of rotatable bonds is 4. The highest BCUT2D eigenvalue weighted by Gasteiger charge is 2.28. The van der Waals surface area contributed by atoms with E-state index in [0.717, 1.165) is 10.6 Å². The molecule has 0 unspecified atom stereocenters. The fourth-order valence-electron chi connectivity index (χ4n) is 1.86. The number of cyclic esters (lactones) is 1. The number of ether oxygens (including phenoxy) is 1. The molecule has 1 aliphatic heterocycles. The maximum atomic E-state index is 11.8. The molecule has 2 rings (SSSR count). The van der Waals surface area contributed by atoms with Crippen LogP contribution in [0.4, 0.5) is 10.5 Å². The minimum atomic E-state index is -0.535. The normalized spacial score (nSPS) is 16.3. The van der Waals surface area contributed by atoms with Crippen molar-refractivity contribution in [3.8, 4) is 0 Å². The molecular formula is C13H16N2O3. The lowest BCUT2D eigenvalue weighted by molar-refractivity contribution is -0.127. The number of carbonyl (C=O) groups is 2. The van der Waals surface area contributed by atoms with Crippen LogP contribution >= 0.6 is 0 Å². The Morgan fingerprint density at radius 1 is 1.44 bits per heavy atom. The molecule has 1 saturated heterocycles. The summed E-state index contributed by atoms with van der Waals surface area (Å²) in [6, 6.07) is 9.62. The van der Waals surface area contributed by atoms with E-state index in [9.17, 15) is 9.59 Å². The third-order valence-corrected chi connectivity index (χ3v) is 2.73. The molecule has 1 aromatic rings. The van der Waals surface area contributed by atoms with E-state index in [-0.39, 0.29) is 18.4 Å². The molecule has 0 radical (unpaired) electrons. The van der Waals surface area contributed by atoms with Gasteiger partial charge in [0, 0.05) is 18.2 Å². The van der Waals surface area contributed by atoms with Gasteiger partial charge in [-0.05, 0) is 19.1 Å². The topological polar surface area (TPSA) is 58.6 Å². The maximum absolute atomic E-state index is 11.8. The molecule has 5 heteroatoms. The summed E-state index contributed by atoms with van der Waals surface area (Å²) in [6.07, 6.45) is -0.267. The Bertz CT molecular complexity index is 433. The van der Waals surface area contributed by atoms with Crippen molar-refractivity contribution < 1.29 is 14.3 Å². The zero-order chi connectivity index (χ0) is 13.0. The number of nitrogens with one attached hydrogen (secondary N) is 1. The van der Waals surface area contributed by atoms with E-state index in [2.05, 4.69) is 5.32 Å². The molecule has 1 aliphatic rings. The number of hydrogen-bond donors (Lipinski definition) is 1. The SMILES string of the molecule is C[C@@H](CC(=O)N1CCOC1=O)Nc1ccccc1. The van der Waals surface area contributed by atoms with Crippen LogP contribution in [-0.2, 0) is 9.53 Å². The number of para-hydroxylation sites is 1. The molecule has 2 amide bonds. The number of anilines is 1. The standard InChI is InChI=1S/C13H16N2O3/c1-10(14-11-5-3-2-4-6-11)9-12(16)15-7-8-18-13(15)17/h2-6,10,14H,7-9H2,1H3/t10-/m0/s1. The van der Waals surface area contributed by atoms with Gasteiger partial charge in [-0.25, -0.2) is 9.69 Å². The highest BCUT2D eigenvalue weighted by atomic mass is 16.6. The predicted octanol–water partition coefficient (Wildman–Crippen LogP) is 1.86. The van der Waals surface area contributed by atoms with Crippen LogP contribution in [0.15, 0.2) is 30.3 Å². The van der Waals surface area contributed by atoms with Gasteiger partial charge in [0.05, 0.1) is 6.54 Å². The summed E-state index contributed by atoms with van der Waals surface area (Å²) in [4.78, 5) is 24.2. The molecule has 1 atom stereocenters. The molecule has 0 aromatic heterocycles. The molecule has 1 N–H and O–H groups in total. The number of amides is 2.